The van der Waals surface area contributed by atoms with Crippen LogP contribution in [0.4, 0.5) is 10.1 Å². The number of nitrogens with one attached hydrogen (secondary N) is 1. The molecule has 14 heteroatoms. The molecular formula is C21H27ClFNO10S. The summed E-state index contributed by atoms with van der Waals surface area (Å²) in [6, 6.07) is 3.08. The Hall–Kier alpha value is -1.84. The lowest BCUT2D eigenvalue weighted by atomic mass is 9.94. The zero-order chi connectivity index (χ0) is 26.0. The van der Waals surface area contributed by atoms with Crippen molar-refractivity contribution in [2.75, 3.05) is 24.5 Å². The molecule has 1 aliphatic heterocycles. The fourth-order valence-electron chi connectivity index (χ4n) is 4.02. The lowest BCUT2D eigenvalue weighted by Crippen LogP contribution is -2.45. The van der Waals surface area contributed by atoms with Gasteiger partial charge in [0.1, 0.15) is 35.5 Å². The van der Waals surface area contributed by atoms with E-state index in [2.05, 4.69) is 4.72 Å². The molecule has 1 aliphatic carbocycles. The second-order valence-electron chi connectivity index (χ2n) is 8.10. The van der Waals surface area contributed by atoms with Crippen LogP contribution in [0.15, 0.2) is 29.8 Å². The lowest BCUT2D eigenvalue weighted by molar-refractivity contribution is -0.164. The number of hydrogen-bond acceptors (Lipinski definition) is 10. The zero-order valence-electron chi connectivity index (χ0n) is 18.6. The highest BCUT2D eigenvalue weighted by Crippen LogP contribution is 2.43. The first-order chi connectivity index (χ1) is 16.5. The average molecular weight is 540 g/mol. The second kappa shape index (κ2) is 11.0. The molecule has 1 aromatic carbocycles. The van der Waals surface area contributed by atoms with Crippen LogP contribution in [0.3, 0.4) is 0 Å². The van der Waals surface area contributed by atoms with Crippen molar-refractivity contribution in [2.24, 2.45) is 0 Å². The van der Waals surface area contributed by atoms with Crippen LogP contribution in [0.2, 0.25) is 5.02 Å². The van der Waals surface area contributed by atoms with Gasteiger partial charge in [-0.2, -0.15) is 0 Å². The van der Waals surface area contributed by atoms with Crippen LogP contribution in [-0.4, -0.2) is 90.1 Å². The van der Waals surface area contributed by atoms with Crippen molar-refractivity contribution in [2.45, 2.75) is 55.2 Å². The maximum Gasteiger partial charge on any atom is 0.335 e. The van der Waals surface area contributed by atoms with E-state index in [9.17, 15) is 38.0 Å². The number of carbonyl (C=O) groups excluding carboxylic acids is 1. The molecule has 5 N–H and O–H groups in total. The molecule has 0 saturated carbocycles. The van der Waals surface area contributed by atoms with E-state index in [4.69, 9.17) is 25.8 Å². The summed E-state index contributed by atoms with van der Waals surface area (Å²) >= 11 is 5.94. The Morgan fingerprint density at radius 2 is 1.86 bits per heavy atom. The maximum atomic E-state index is 13.4. The van der Waals surface area contributed by atoms with E-state index in [0.717, 1.165) is 24.3 Å². The molecular weight excluding hydrogens is 513 g/mol. The molecule has 2 aliphatic rings. The van der Waals surface area contributed by atoms with Gasteiger partial charge in [-0.25, -0.2) is 17.6 Å². The number of carbonyl (C=O) groups is 1. The van der Waals surface area contributed by atoms with Crippen molar-refractivity contribution in [1.82, 2.24) is 0 Å². The highest BCUT2D eigenvalue weighted by molar-refractivity contribution is 7.93. The smallest absolute Gasteiger partial charge is 0.335 e. The van der Waals surface area contributed by atoms with E-state index >= 15 is 0 Å². The van der Waals surface area contributed by atoms with Crippen molar-refractivity contribution in [3.63, 3.8) is 0 Å². The number of esters is 1. The Bertz CT molecular complexity index is 1050. The largest absolute Gasteiger partial charge is 0.463 e. The summed E-state index contributed by atoms with van der Waals surface area (Å²) < 4.78 is 58.6. The third kappa shape index (κ3) is 5.94. The second-order valence-corrected chi connectivity index (χ2v) is 10.4. The van der Waals surface area contributed by atoms with Gasteiger partial charge < -0.3 is 34.6 Å². The minimum Gasteiger partial charge on any atom is -0.463 e. The van der Waals surface area contributed by atoms with Gasteiger partial charge in [-0.1, -0.05) is 11.6 Å². The number of hydrogen-bond donors (Lipinski definition) is 5. The summed E-state index contributed by atoms with van der Waals surface area (Å²) in [4.78, 5) is 12.8. The van der Waals surface area contributed by atoms with Crippen LogP contribution >= 0.6 is 11.6 Å². The molecule has 11 nitrogen and oxygen atoms in total. The number of anilines is 1. The van der Waals surface area contributed by atoms with Crippen molar-refractivity contribution >= 4 is 33.3 Å². The van der Waals surface area contributed by atoms with Crippen molar-refractivity contribution in [1.29, 1.82) is 0 Å². The molecule has 1 spiro atoms. The molecule has 1 fully saturated rings. The molecule has 0 amide bonds. The van der Waals surface area contributed by atoms with Gasteiger partial charge in [-0.05, 0) is 37.6 Å². The summed E-state index contributed by atoms with van der Waals surface area (Å²) in [6.45, 7) is -0.0212. The topological polar surface area (TPSA) is 172 Å². The number of aliphatic hydroxyl groups excluding tert-OH is 4. The molecule has 35 heavy (non-hydrogen) atoms. The van der Waals surface area contributed by atoms with E-state index in [0.29, 0.717) is 0 Å². The third-order valence-corrected chi connectivity index (χ3v) is 7.73. The number of aliphatic hydroxyl groups is 4. The predicted molar refractivity (Wildman–Crippen MR) is 120 cm³/mol. The molecule has 3 rings (SSSR count). The minimum atomic E-state index is -4.32. The molecule has 5 atom stereocenters. The summed E-state index contributed by atoms with van der Waals surface area (Å²) in [6.07, 6.45) is -4.82. The number of halogens is 2. The van der Waals surface area contributed by atoms with Gasteiger partial charge in [0.2, 0.25) is 10.0 Å². The van der Waals surface area contributed by atoms with Crippen molar-refractivity contribution in [3.05, 3.63) is 40.7 Å². The van der Waals surface area contributed by atoms with Gasteiger partial charge in [0.25, 0.3) is 0 Å². The standard InChI is InChI=1S/C21H27ClFNO10S/c1-2-32-20(29)12-8-21(33-18(15(27)9-25)19(34-21)16(28)10-26)6-5-17(12)35(30,31)24-14-4-3-11(23)7-13(14)22/h3-4,7-8,15-19,24-28H,2,5-6,9-10H2,1H3/t15-,16-,17?,18-,19-/m1/s1. The highest BCUT2D eigenvalue weighted by Gasteiger charge is 2.55. The zero-order valence-corrected chi connectivity index (χ0v) is 20.2. The van der Waals surface area contributed by atoms with Crippen LogP contribution in [0.25, 0.3) is 0 Å². The Balaban J connectivity index is 1.98. The van der Waals surface area contributed by atoms with Crippen LogP contribution in [0.5, 0.6) is 0 Å². The molecule has 0 aromatic heterocycles. The van der Waals surface area contributed by atoms with Crippen LogP contribution in [0, 0.1) is 5.82 Å². The quantitative estimate of drug-likeness (QED) is 0.270. The van der Waals surface area contributed by atoms with Crippen molar-refractivity contribution in [3.8, 4) is 0 Å². The number of ether oxygens (including phenoxy) is 3. The van der Waals surface area contributed by atoms with E-state index < -0.39 is 70.5 Å². The van der Waals surface area contributed by atoms with E-state index in [1.54, 1.807) is 0 Å². The van der Waals surface area contributed by atoms with E-state index in [-0.39, 0.29) is 35.7 Å². The number of rotatable bonds is 9. The number of sulfonamides is 1. The summed E-state index contributed by atoms with van der Waals surface area (Å²) in [7, 11) is -4.32. The van der Waals surface area contributed by atoms with Gasteiger partial charge >= 0.3 is 5.97 Å². The molecule has 1 saturated heterocycles. The molecule has 1 heterocycles. The molecule has 1 unspecified atom stereocenters. The SMILES string of the molecule is CCOC(=O)C1=CC2(CCC1S(=O)(=O)Nc1ccc(F)cc1Cl)O[C@H]([C@H](O)CO)[C@@H]([C@H](O)CO)O2. The number of benzene rings is 1. The molecule has 0 radical (unpaired) electrons. The Labute approximate surface area is 206 Å². The van der Waals surface area contributed by atoms with E-state index in [1.165, 1.54) is 6.92 Å². The lowest BCUT2D eigenvalue weighted by Gasteiger charge is -2.34. The predicted octanol–water partition coefficient (Wildman–Crippen LogP) is 0.0594. The van der Waals surface area contributed by atoms with Gasteiger partial charge in [0.15, 0.2) is 5.79 Å². The van der Waals surface area contributed by atoms with Crippen LogP contribution in [0.1, 0.15) is 19.8 Å². The van der Waals surface area contributed by atoms with Crippen LogP contribution < -0.4 is 4.72 Å². The fraction of sp³-hybridized carbons (Fsp3) is 0.571. The van der Waals surface area contributed by atoms with Gasteiger partial charge in [0, 0.05) is 6.42 Å². The molecule has 1 aromatic rings. The van der Waals surface area contributed by atoms with Gasteiger partial charge in [-0.3, -0.25) is 4.72 Å². The van der Waals surface area contributed by atoms with Gasteiger partial charge in [-0.15, -0.1) is 0 Å². The monoisotopic (exact) mass is 539 g/mol. The average Bonchev–Trinajstić information content (AvgIpc) is 3.18. The van der Waals surface area contributed by atoms with Crippen LogP contribution in [-0.2, 0) is 29.0 Å². The minimum absolute atomic E-state index is 0.0629. The van der Waals surface area contributed by atoms with E-state index in [1.807, 2.05) is 0 Å². The first kappa shape index (κ1) is 27.7. The first-order valence-electron chi connectivity index (χ1n) is 10.8. The third-order valence-electron chi connectivity index (χ3n) is 5.67. The first-order valence-corrected chi connectivity index (χ1v) is 12.7. The van der Waals surface area contributed by atoms with Gasteiger partial charge in [0.05, 0.1) is 36.1 Å². The molecule has 0 bridgehead atoms. The summed E-state index contributed by atoms with van der Waals surface area (Å²) in [5.74, 6) is -3.38. The summed E-state index contributed by atoms with van der Waals surface area (Å²) in [5, 5.41) is 37.3. The molecule has 196 valence electrons. The Kier molecular flexibility index (Phi) is 8.76. The fourth-order valence-corrected chi connectivity index (χ4v) is 5.85. The van der Waals surface area contributed by atoms with Crippen molar-refractivity contribution < 1.29 is 52.2 Å². The normalized spacial score (nSPS) is 25.7. The summed E-state index contributed by atoms with van der Waals surface area (Å²) in [5.41, 5.74) is -0.428. The maximum absolute atomic E-state index is 13.4. The highest BCUT2D eigenvalue weighted by atomic mass is 35.5. The Morgan fingerprint density at radius 1 is 1.26 bits per heavy atom. The Morgan fingerprint density at radius 3 is 2.37 bits per heavy atom.